The van der Waals surface area contributed by atoms with Crippen molar-refractivity contribution in [2.24, 2.45) is 5.73 Å². The number of anilines is 2. The standard InChI is InChI=1S/C21H22ClN3O3S/c22-18-13-16(4-7-19(18)25-9-11-29-12-10-25)24-21(27)8-3-15-1-5-17(6-2-15)28-14-20(23)26/h1-8,13H,9-12,14H2,(H2,23,26)(H,24,27)/b8-3+. The van der Waals surface area contributed by atoms with Crippen LogP contribution in [0, 0.1) is 0 Å². The number of carbonyl (C=O) groups excluding carboxylic acids is 2. The maximum atomic E-state index is 12.2. The van der Waals surface area contributed by atoms with Gasteiger partial charge in [0.15, 0.2) is 6.61 Å². The molecule has 3 rings (SSSR count). The fourth-order valence-corrected chi connectivity index (χ4v) is 4.03. The van der Waals surface area contributed by atoms with E-state index >= 15 is 0 Å². The van der Waals surface area contributed by atoms with E-state index in [4.69, 9.17) is 22.1 Å². The Kier molecular flexibility index (Phi) is 7.43. The summed E-state index contributed by atoms with van der Waals surface area (Å²) >= 11 is 8.36. The largest absolute Gasteiger partial charge is 0.484 e. The van der Waals surface area contributed by atoms with Gasteiger partial charge in [0, 0.05) is 36.4 Å². The molecule has 2 aromatic rings. The van der Waals surface area contributed by atoms with Crippen LogP contribution < -0.4 is 20.7 Å². The van der Waals surface area contributed by atoms with Gasteiger partial charge in [-0.25, -0.2) is 0 Å². The smallest absolute Gasteiger partial charge is 0.255 e. The molecule has 0 aromatic heterocycles. The summed E-state index contributed by atoms with van der Waals surface area (Å²) in [7, 11) is 0. The molecule has 1 aliphatic heterocycles. The van der Waals surface area contributed by atoms with E-state index in [1.54, 1.807) is 36.4 Å². The highest BCUT2D eigenvalue weighted by atomic mass is 35.5. The number of ether oxygens (including phenoxy) is 1. The Hall–Kier alpha value is -2.64. The van der Waals surface area contributed by atoms with Crippen LogP contribution >= 0.6 is 23.4 Å². The number of rotatable bonds is 7. The van der Waals surface area contributed by atoms with E-state index in [0.717, 1.165) is 35.8 Å². The number of carbonyl (C=O) groups is 2. The van der Waals surface area contributed by atoms with Crippen molar-refractivity contribution < 1.29 is 14.3 Å². The molecule has 2 amide bonds. The van der Waals surface area contributed by atoms with Crippen molar-refractivity contribution >= 4 is 52.6 Å². The molecule has 0 atom stereocenters. The third-order valence-corrected chi connectivity index (χ3v) is 5.50. The maximum absolute atomic E-state index is 12.2. The maximum Gasteiger partial charge on any atom is 0.255 e. The van der Waals surface area contributed by atoms with Crippen LogP contribution in [-0.4, -0.2) is 43.0 Å². The molecule has 1 heterocycles. The summed E-state index contributed by atoms with van der Waals surface area (Å²) in [4.78, 5) is 25.2. The van der Waals surface area contributed by atoms with Gasteiger partial charge in [0.05, 0.1) is 10.7 Å². The van der Waals surface area contributed by atoms with Crippen LogP contribution in [0.5, 0.6) is 5.75 Å². The van der Waals surface area contributed by atoms with Gasteiger partial charge in [-0.1, -0.05) is 23.7 Å². The van der Waals surface area contributed by atoms with Crippen LogP contribution in [0.25, 0.3) is 6.08 Å². The second-order valence-electron chi connectivity index (χ2n) is 6.41. The summed E-state index contributed by atoms with van der Waals surface area (Å²) in [5, 5.41) is 3.45. The fourth-order valence-electron chi connectivity index (χ4n) is 2.83. The zero-order chi connectivity index (χ0) is 20.6. The second-order valence-corrected chi connectivity index (χ2v) is 8.04. The van der Waals surface area contributed by atoms with Crippen molar-refractivity contribution in [3.63, 3.8) is 0 Å². The monoisotopic (exact) mass is 431 g/mol. The molecule has 3 N–H and O–H groups in total. The molecule has 2 aromatic carbocycles. The number of primary amides is 1. The molecular weight excluding hydrogens is 410 g/mol. The normalized spacial score (nSPS) is 14.0. The van der Waals surface area contributed by atoms with Gasteiger partial charge in [0.1, 0.15) is 5.75 Å². The van der Waals surface area contributed by atoms with Crippen LogP contribution in [0.1, 0.15) is 5.56 Å². The highest BCUT2D eigenvalue weighted by molar-refractivity contribution is 7.99. The number of amides is 2. The Labute approximate surface area is 179 Å². The van der Waals surface area contributed by atoms with E-state index in [2.05, 4.69) is 10.2 Å². The topological polar surface area (TPSA) is 84.7 Å². The summed E-state index contributed by atoms with van der Waals surface area (Å²) in [5.41, 5.74) is 7.51. The van der Waals surface area contributed by atoms with Gasteiger partial charge in [-0.15, -0.1) is 0 Å². The number of nitrogens with one attached hydrogen (secondary N) is 1. The van der Waals surface area contributed by atoms with Crippen molar-refractivity contribution in [2.75, 3.05) is 41.4 Å². The van der Waals surface area contributed by atoms with E-state index in [9.17, 15) is 9.59 Å². The zero-order valence-electron chi connectivity index (χ0n) is 15.8. The molecule has 1 aliphatic rings. The average Bonchev–Trinajstić information content (AvgIpc) is 2.72. The molecule has 0 radical (unpaired) electrons. The molecule has 0 spiro atoms. The third kappa shape index (κ3) is 6.44. The summed E-state index contributed by atoms with van der Waals surface area (Å²) in [6.07, 6.45) is 3.14. The Morgan fingerprint density at radius 2 is 1.90 bits per heavy atom. The van der Waals surface area contributed by atoms with E-state index in [0.29, 0.717) is 16.5 Å². The van der Waals surface area contributed by atoms with Gasteiger partial charge in [-0.2, -0.15) is 11.8 Å². The number of halogens is 1. The molecule has 0 unspecified atom stereocenters. The minimum atomic E-state index is -0.534. The van der Waals surface area contributed by atoms with Crippen LogP contribution in [0.4, 0.5) is 11.4 Å². The molecule has 152 valence electrons. The molecule has 0 aliphatic carbocycles. The lowest BCUT2D eigenvalue weighted by Crippen LogP contribution is -2.32. The minimum absolute atomic E-state index is 0.171. The van der Waals surface area contributed by atoms with E-state index in [1.807, 2.05) is 23.9 Å². The SMILES string of the molecule is NC(=O)COc1ccc(/C=C/C(=O)Nc2ccc(N3CCSCC3)c(Cl)c2)cc1. The molecule has 0 bridgehead atoms. The predicted octanol–water partition coefficient (Wildman–Crippen LogP) is 3.41. The van der Waals surface area contributed by atoms with Gasteiger partial charge < -0.3 is 20.7 Å². The van der Waals surface area contributed by atoms with Crippen LogP contribution in [0.2, 0.25) is 5.02 Å². The lowest BCUT2D eigenvalue weighted by molar-refractivity contribution is -0.120. The van der Waals surface area contributed by atoms with Gasteiger partial charge in [-0.05, 0) is 42.0 Å². The number of thioether (sulfide) groups is 1. The van der Waals surface area contributed by atoms with Crippen molar-refractivity contribution in [3.05, 3.63) is 59.1 Å². The van der Waals surface area contributed by atoms with E-state index in [1.165, 1.54) is 6.08 Å². The average molecular weight is 432 g/mol. The first-order valence-corrected chi connectivity index (χ1v) is 10.7. The van der Waals surface area contributed by atoms with Crippen LogP contribution in [0.15, 0.2) is 48.5 Å². The van der Waals surface area contributed by atoms with Crippen LogP contribution in [0.3, 0.4) is 0 Å². The second kappa shape index (κ2) is 10.2. The highest BCUT2D eigenvalue weighted by Crippen LogP contribution is 2.30. The molecule has 0 saturated carbocycles. The van der Waals surface area contributed by atoms with Gasteiger partial charge >= 0.3 is 0 Å². The molecule has 29 heavy (non-hydrogen) atoms. The lowest BCUT2D eigenvalue weighted by Gasteiger charge is -2.29. The van der Waals surface area contributed by atoms with Gasteiger partial charge in [0.2, 0.25) is 5.91 Å². The molecular formula is C21H22ClN3O3S. The molecule has 1 saturated heterocycles. The first-order valence-electron chi connectivity index (χ1n) is 9.14. The number of hydrogen-bond acceptors (Lipinski definition) is 5. The van der Waals surface area contributed by atoms with Gasteiger partial charge in [-0.3, -0.25) is 9.59 Å². The number of hydrogen-bond donors (Lipinski definition) is 2. The quantitative estimate of drug-likeness (QED) is 0.656. The minimum Gasteiger partial charge on any atom is -0.484 e. The van der Waals surface area contributed by atoms with Crippen molar-refractivity contribution in [1.82, 2.24) is 0 Å². The summed E-state index contributed by atoms with van der Waals surface area (Å²) in [6, 6.07) is 12.6. The molecule has 6 nitrogen and oxygen atoms in total. The van der Waals surface area contributed by atoms with Crippen molar-refractivity contribution in [2.45, 2.75) is 0 Å². The van der Waals surface area contributed by atoms with Gasteiger partial charge in [0.25, 0.3) is 5.91 Å². The summed E-state index contributed by atoms with van der Waals surface area (Å²) in [6.45, 7) is 1.78. The third-order valence-electron chi connectivity index (χ3n) is 4.26. The first kappa shape index (κ1) is 21.1. The molecule has 1 fully saturated rings. The Morgan fingerprint density at radius 1 is 1.17 bits per heavy atom. The van der Waals surface area contributed by atoms with E-state index < -0.39 is 5.91 Å². The molecule has 8 heteroatoms. The van der Waals surface area contributed by atoms with Crippen molar-refractivity contribution in [1.29, 1.82) is 0 Å². The summed E-state index contributed by atoms with van der Waals surface area (Å²) in [5.74, 6) is 1.94. The van der Waals surface area contributed by atoms with Crippen LogP contribution in [-0.2, 0) is 9.59 Å². The Morgan fingerprint density at radius 3 is 2.55 bits per heavy atom. The Bertz CT molecular complexity index is 897. The zero-order valence-corrected chi connectivity index (χ0v) is 17.3. The lowest BCUT2D eigenvalue weighted by atomic mass is 10.2. The first-order chi connectivity index (χ1) is 14.0. The predicted molar refractivity (Wildman–Crippen MR) is 120 cm³/mol. The number of nitrogens with zero attached hydrogens (tertiary/aromatic N) is 1. The summed E-state index contributed by atoms with van der Waals surface area (Å²) < 4.78 is 5.20. The Balaban J connectivity index is 1.56. The van der Waals surface area contributed by atoms with Crippen molar-refractivity contribution in [3.8, 4) is 5.75 Å². The highest BCUT2D eigenvalue weighted by Gasteiger charge is 2.14. The fraction of sp³-hybridized carbons (Fsp3) is 0.238. The number of nitrogens with two attached hydrogens (primary N) is 1. The van der Waals surface area contributed by atoms with E-state index in [-0.39, 0.29) is 12.5 Å². The number of benzene rings is 2.